The molecule has 0 radical (unpaired) electrons. The number of hydrogen-bond acceptors (Lipinski definition) is 3. The Morgan fingerprint density at radius 1 is 1.50 bits per heavy atom. The number of carbonyl (C=O) groups excluding carboxylic acids is 1. The van der Waals surface area contributed by atoms with E-state index in [1.54, 1.807) is 6.07 Å². The molecular formula is C14H18FNO2. The van der Waals surface area contributed by atoms with Gasteiger partial charge in [0.1, 0.15) is 5.82 Å². The third-order valence-electron chi connectivity index (χ3n) is 3.28. The van der Waals surface area contributed by atoms with Gasteiger partial charge in [-0.1, -0.05) is 12.5 Å². The lowest BCUT2D eigenvalue weighted by Gasteiger charge is -2.20. The molecule has 1 N–H and O–H groups in total. The van der Waals surface area contributed by atoms with Crippen molar-refractivity contribution in [2.75, 3.05) is 11.9 Å². The van der Waals surface area contributed by atoms with Crippen molar-refractivity contribution >= 4 is 11.7 Å². The molecule has 4 heteroatoms. The summed E-state index contributed by atoms with van der Waals surface area (Å²) in [6, 6.07) is 6.37. The van der Waals surface area contributed by atoms with Crippen molar-refractivity contribution in [1.29, 1.82) is 0 Å². The van der Waals surface area contributed by atoms with Crippen LogP contribution in [0.4, 0.5) is 10.1 Å². The molecule has 2 atom stereocenters. The molecule has 1 aliphatic carbocycles. The van der Waals surface area contributed by atoms with Gasteiger partial charge in [-0.2, -0.15) is 0 Å². The molecular weight excluding hydrogens is 233 g/mol. The molecule has 1 fully saturated rings. The lowest BCUT2D eigenvalue weighted by molar-refractivity contribution is -0.147. The largest absolute Gasteiger partial charge is 0.466 e. The number of esters is 1. The number of benzene rings is 1. The molecule has 2 rings (SSSR count). The van der Waals surface area contributed by atoms with Crippen molar-refractivity contribution in [2.24, 2.45) is 5.92 Å². The maximum Gasteiger partial charge on any atom is 0.311 e. The highest BCUT2D eigenvalue weighted by molar-refractivity contribution is 5.74. The van der Waals surface area contributed by atoms with E-state index in [1.807, 2.05) is 13.0 Å². The van der Waals surface area contributed by atoms with Crippen molar-refractivity contribution in [2.45, 2.75) is 32.2 Å². The van der Waals surface area contributed by atoms with E-state index in [2.05, 4.69) is 5.32 Å². The molecule has 0 saturated heterocycles. The van der Waals surface area contributed by atoms with Crippen molar-refractivity contribution in [3.8, 4) is 0 Å². The van der Waals surface area contributed by atoms with Crippen LogP contribution in [-0.4, -0.2) is 18.6 Å². The van der Waals surface area contributed by atoms with Gasteiger partial charge in [0.25, 0.3) is 0 Å². The van der Waals surface area contributed by atoms with Crippen LogP contribution >= 0.6 is 0 Å². The summed E-state index contributed by atoms with van der Waals surface area (Å²) < 4.78 is 18.2. The quantitative estimate of drug-likeness (QED) is 0.836. The molecule has 1 aromatic rings. The third kappa shape index (κ3) is 3.00. The molecule has 0 heterocycles. The summed E-state index contributed by atoms with van der Waals surface area (Å²) in [7, 11) is 0. The van der Waals surface area contributed by atoms with Gasteiger partial charge in [0.2, 0.25) is 0 Å². The molecule has 1 aliphatic rings. The Kier molecular flexibility index (Phi) is 4.18. The Hall–Kier alpha value is -1.58. The van der Waals surface area contributed by atoms with E-state index < -0.39 is 0 Å². The van der Waals surface area contributed by atoms with E-state index in [9.17, 15) is 9.18 Å². The standard InChI is InChI=1S/C14H18FNO2/c1-2-18-14(17)12-7-4-8-13(12)16-11-6-3-5-10(15)9-11/h3,5-6,9,12-13,16H,2,4,7-8H2,1H3/t12-,13-/m1/s1. The number of carbonyl (C=O) groups is 1. The van der Waals surface area contributed by atoms with Gasteiger partial charge in [0, 0.05) is 11.7 Å². The van der Waals surface area contributed by atoms with Gasteiger partial charge >= 0.3 is 5.97 Å². The van der Waals surface area contributed by atoms with Crippen LogP contribution in [0.25, 0.3) is 0 Å². The Morgan fingerprint density at radius 2 is 2.33 bits per heavy atom. The van der Waals surface area contributed by atoms with Gasteiger partial charge in [0.15, 0.2) is 0 Å². The van der Waals surface area contributed by atoms with Crippen LogP contribution in [0.1, 0.15) is 26.2 Å². The molecule has 98 valence electrons. The van der Waals surface area contributed by atoms with Crippen molar-refractivity contribution in [1.82, 2.24) is 0 Å². The van der Waals surface area contributed by atoms with Crippen molar-refractivity contribution in [3.05, 3.63) is 30.1 Å². The van der Waals surface area contributed by atoms with Crippen LogP contribution in [0.2, 0.25) is 0 Å². The number of halogens is 1. The number of nitrogens with one attached hydrogen (secondary N) is 1. The molecule has 0 bridgehead atoms. The summed E-state index contributed by atoms with van der Waals surface area (Å²) in [5.74, 6) is -0.539. The van der Waals surface area contributed by atoms with Crippen LogP contribution in [-0.2, 0) is 9.53 Å². The minimum Gasteiger partial charge on any atom is -0.466 e. The van der Waals surface area contributed by atoms with Crippen molar-refractivity contribution in [3.63, 3.8) is 0 Å². The Morgan fingerprint density at radius 3 is 3.06 bits per heavy atom. The van der Waals surface area contributed by atoms with Crippen LogP contribution in [0.15, 0.2) is 24.3 Å². The topological polar surface area (TPSA) is 38.3 Å². The summed E-state index contributed by atoms with van der Waals surface area (Å²) >= 11 is 0. The normalized spacial score (nSPS) is 22.8. The van der Waals surface area contributed by atoms with Crippen LogP contribution in [0, 0.1) is 11.7 Å². The van der Waals surface area contributed by atoms with E-state index in [-0.39, 0.29) is 23.7 Å². The second-order valence-corrected chi connectivity index (χ2v) is 4.55. The predicted molar refractivity (Wildman–Crippen MR) is 67.8 cm³/mol. The van der Waals surface area contributed by atoms with Crippen molar-refractivity contribution < 1.29 is 13.9 Å². The maximum atomic E-state index is 13.1. The fraction of sp³-hybridized carbons (Fsp3) is 0.500. The minimum atomic E-state index is -0.273. The Balaban J connectivity index is 2.01. The first-order valence-electron chi connectivity index (χ1n) is 6.39. The van der Waals surface area contributed by atoms with E-state index in [4.69, 9.17) is 4.74 Å². The van der Waals surface area contributed by atoms with Gasteiger partial charge in [-0.3, -0.25) is 4.79 Å². The van der Waals surface area contributed by atoms with E-state index in [0.717, 1.165) is 24.9 Å². The average Bonchev–Trinajstić information content (AvgIpc) is 2.77. The van der Waals surface area contributed by atoms with Crippen LogP contribution in [0.5, 0.6) is 0 Å². The lowest BCUT2D eigenvalue weighted by atomic mass is 10.0. The Bertz CT molecular complexity index is 422. The first-order valence-corrected chi connectivity index (χ1v) is 6.39. The highest BCUT2D eigenvalue weighted by Gasteiger charge is 2.33. The molecule has 0 aromatic heterocycles. The first kappa shape index (κ1) is 12.9. The molecule has 0 unspecified atom stereocenters. The SMILES string of the molecule is CCOC(=O)[C@@H]1CCC[C@H]1Nc1cccc(F)c1. The van der Waals surface area contributed by atoms with Gasteiger partial charge in [-0.15, -0.1) is 0 Å². The van der Waals surface area contributed by atoms with Gasteiger partial charge < -0.3 is 10.1 Å². The molecule has 0 aliphatic heterocycles. The minimum absolute atomic E-state index is 0.0471. The Labute approximate surface area is 106 Å². The van der Waals surface area contributed by atoms with Crippen LogP contribution in [0.3, 0.4) is 0 Å². The zero-order chi connectivity index (χ0) is 13.0. The highest BCUT2D eigenvalue weighted by atomic mass is 19.1. The van der Waals surface area contributed by atoms with E-state index in [1.165, 1.54) is 12.1 Å². The number of hydrogen-bond donors (Lipinski definition) is 1. The van der Waals surface area contributed by atoms with Gasteiger partial charge in [-0.05, 0) is 38.0 Å². The molecule has 3 nitrogen and oxygen atoms in total. The number of ether oxygens (including phenoxy) is 1. The summed E-state index contributed by atoms with van der Waals surface area (Å²) in [5.41, 5.74) is 0.719. The summed E-state index contributed by atoms with van der Waals surface area (Å²) in [6.45, 7) is 2.21. The lowest BCUT2D eigenvalue weighted by Crippen LogP contribution is -2.31. The average molecular weight is 251 g/mol. The monoisotopic (exact) mass is 251 g/mol. The first-order chi connectivity index (χ1) is 8.70. The molecule has 0 spiro atoms. The second-order valence-electron chi connectivity index (χ2n) is 4.55. The molecule has 1 saturated carbocycles. The summed E-state index contributed by atoms with van der Waals surface area (Å²) in [5, 5.41) is 3.23. The zero-order valence-electron chi connectivity index (χ0n) is 10.5. The van der Waals surface area contributed by atoms with Crippen LogP contribution < -0.4 is 5.32 Å². The van der Waals surface area contributed by atoms with E-state index in [0.29, 0.717) is 6.61 Å². The number of anilines is 1. The number of rotatable bonds is 4. The summed E-state index contributed by atoms with van der Waals surface area (Å²) in [4.78, 5) is 11.8. The highest BCUT2D eigenvalue weighted by Crippen LogP contribution is 2.29. The van der Waals surface area contributed by atoms with E-state index >= 15 is 0 Å². The zero-order valence-corrected chi connectivity index (χ0v) is 10.5. The fourth-order valence-corrected chi connectivity index (χ4v) is 2.46. The third-order valence-corrected chi connectivity index (χ3v) is 3.28. The predicted octanol–water partition coefficient (Wildman–Crippen LogP) is 2.97. The van der Waals surface area contributed by atoms with Gasteiger partial charge in [-0.25, -0.2) is 4.39 Å². The summed E-state index contributed by atoms with van der Waals surface area (Å²) in [6.07, 6.45) is 2.75. The smallest absolute Gasteiger partial charge is 0.311 e. The molecule has 1 aromatic carbocycles. The maximum absolute atomic E-state index is 13.1. The van der Waals surface area contributed by atoms with Gasteiger partial charge in [0.05, 0.1) is 12.5 Å². The molecule has 18 heavy (non-hydrogen) atoms. The molecule has 0 amide bonds. The second kappa shape index (κ2) is 5.85. The fourth-order valence-electron chi connectivity index (χ4n) is 2.46.